The third kappa shape index (κ3) is 3.59. The molecule has 2 rings (SSSR count). The van der Waals surface area contributed by atoms with E-state index in [1.54, 1.807) is 13.0 Å². The molecule has 0 aliphatic heterocycles. The maximum Gasteiger partial charge on any atom is 0.451 e. The third-order valence-electron chi connectivity index (χ3n) is 2.56. The lowest BCUT2D eigenvalue weighted by atomic mass is 10.2. The lowest BCUT2D eigenvalue weighted by Gasteiger charge is -2.10. The summed E-state index contributed by atoms with van der Waals surface area (Å²) in [5.74, 6) is -0.659. The van der Waals surface area contributed by atoms with Crippen molar-refractivity contribution >= 4 is 5.82 Å². The van der Waals surface area contributed by atoms with Crippen molar-refractivity contribution in [1.82, 2.24) is 15.0 Å². The molecule has 2 aromatic rings. The summed E-state index contributed by atoms with van der Waals surface area (Å²) in [6, 6.07) is 3.00. The van der Waals surface area contributed by atoms with Crippen LogP contribution in [0.1, 0.15) is 12.7 Å². The van der Waals surface area contributed by atoms with Crippen molar-refractivity contribution in [3.05, 3.63) is 30.4 Å². The van der Waals surface area contributed by atoms with Gasteiger partial charge in [0, 0.05) is 24.9 Å². The SMILES string of the molecule is CCOc1cncc(-c2cc(NC)nc(C(F)(F)F)n2)c1. The number of nitrogens with zero attached hydrogens (tertiary/aromatic N) is 3. The monoisotopic (exact) mass is 298 g/mol. The normalized spacial score (nSPS) is 11.3. The van der Waals surface area contributed by atoms with Gasteiger partial charge in [0.15, 0.2) is 0 Å². The Labute approximate surface area is 119 Å². The van der Waals surface area contributed by atoms with E-state index < -0.39 is 12.0 Å². The molecule has 0 atom stereocenters. The highest BCUT2D eigenvalue weighted by molar-refractivity contribution is 5.63. The van der Waals surface area contributed by atoms with Crippen LogP contribution in [0.5, 0.6) is 5.75 Å². The van der Waals surface area contributed by atoms with Crippen LogP contribution < -0.4 is 10.1 Å². The first-order chi connectivity index (χ1) is 9.94. The van der Waals surface area contributed by atoms with Crippen molar-refractivity contribution in [2.75, 3.05) is 19.0 Å². The van der Waals surface area contributed by atoms with Gasteiger partial charge in [0.25, 0.3) is 0 Å². The molecule has 21 heavy (non-hydrogen) atoms. The summed E-state index contributed by atoms with van der Waals surface area (Å²) >= 11 is 0. The van der Waals surface area contributed by atoms with E-state index in [1.807, 2.05) is 0 Å². The van der Waals surface area contributed by atoms with Crippen molar-refractivity contribution in [2.45, 2.75) is 13.1 Å². The van der Waals surface area contributed by atoms with Crippen molar-refractivity contribution in [2.24, 2.45) is 0 Å². The van der Waals surface area contributed by atoms with Crippen molar-refractivity contribution in [3.8, 4) is 17.0 Å². The number of halogens is 3. The second-order valence-corrected chi connectivity index (χ2v) is 4.05. The fourth-order valence-electron chi connectivity index (χ4n) is 1.65. The quantitative estimate of drug-likeness (QED) is 0.940. The zero-order valence-electron chi connectivity index (χ0n) is 11.4. The van der Waals surface area contributed by atoms with E-state index in [2.05, 4.69) is 20.3 Å². The molecule has 0 saturated carbocycles. The van der Waals surface area contributed by atoms with Gasteiger partial charge in [-0.25, -0.2) is 9.97 Å². The van der Waals surface area contributed by atoms with Gasteiger partial charge in [-0.2, -0.15) is 13.2 Å². The largest absolute Gasteiger partial charge is 0.492 e. The first kappa shape index (κ1) is 15.0. The Balaban J connectivity index is 2.50. The van der Waals surface area contributed by atoms with Crippen LogP contribution in [0, 0.1) is 0 Å². The molecule has 0 amide bonds. The molecule has 5 nitrogen and oxygen atoms in total. The van der Waals surface area contributed by atoms with Crippen LogP contribution in [0.25, 0.3) is 11.3 Å². The number of pyridine rings is 1. The minimum atomic E-state index is -4.62. The van der Waals surface area contributed by atoms with Crippen molar-refractivity contribution in [1.29, 1.82) is 0 Å². The summed E-state index contributed by atoms with van der Waals surface area (Å²) in [7, 11) is 1.49. The standard InChI is InChI=1S/C13H13F3N4O/c1-3-21-9-4-8(6-18-7-9)10-5-11(17-2)20-12(19-10)13(14,15)16/h4-7H,3H2,1-2H3,(H,17,19,20). The Kier molecular flexibility index (Phi) is 4.25. The van der Waals surface area contributed by atoms with Gasteiger partial charge >= 0.3 is 6.18 Å². The second kappa shape index (κ2) is 5.94. The molecule has 0 saturated heterocycles. The zero-order valence-corrected chi connectivity index (χ0v) is 11.4. The first-order valence-corrected chi connectivity index (χ1v) is 6.16. The van der Waals surface area contributed by atoms with Gasteiger partial charge in [-0.05, 0) is 13.0 Å². The topological polar surface area (TPSA) is 59.9 Å². The molecule has 0 fully saturated rings. The number of anilines is 1. The molecular formula is C13H13F3N4O. The Morgan fingerprint density at radius 3 is 2.57 bits per heavy atom. The molecule has 112 valence electrons. The van der Waals surface area contributed by atoms with Crippen LogP contribution in [-0.2, 0) is 6.18 Å². The molecule has 0 unspecified atom stereocenters. The van der Waals surface area contributed by atoms with Gasteiger partial charge < -0.3 is 10.1 Å². The number of ether oxygens (including phenoxy) is 1. The van der Waals surface area contributed by atoms with Gasteiger partial charge in [0.2, 0.25) is 5.82 Å². The Hall–Kier alpha value is -2.38. The van der Waals surface area contributed by atoms with E-state index in [9.17, 15) is 13.2 Å². The highest BCUT2D eigenvalue weighted by Crippen LogP contribution is 2.30. The van der Waals surface area contributed by atoms with Gasteiger partial charge in [-0.3, -0.25) is 4.98 Å². The average Bonchev–Trinajstić information content (AvgIpc) is 2.46. The molecule has 0 aliphatic carbocycles. The number of hydrogen-bond acceptors (Lipinski definition) is 5. The molecule has 1 N–H and O–H groups in total. The molecule has 0 aliphatic rings. The van der Waals surface area contributed by atoms with E-state index in [1.165, 1.54) is 25.5 Å². The highest BCUT2D eigenvalue weighted by atomic mass is 19.4. The van der Waals surface area contributed by atoms with E-state index in [-0.39, 0.29) is 11.5 Å². The fraction of sp³-hybridized carbons (Fsp3) is 0.308. The van der Waals surface area contributed by atoms with E-state index in [0.29, 0.717) is 17.9 Å². The maximum absolute atomic E-state index is 12.8. The lowest BCUT2D eigenvalue weighted by Crippen LogP contribution is -2.13. The zero-order chi connectivity index (χ0) is 15.5. The average molecular weight is 298 g/mol. The third-order valence-corrected chi connectivity index (χ3v) is 2.56. The van der Waals surface area contributed by atoms with Crippen LogP contribution in [0.3, 0.4) is 0 Å². The van der Waals surface area contributed by atoms with Crippen LogP contribution in [-0.4, -0.2) is 28.6 Å². The summed E-state index contributed by atoms with van der Waals surface area (Å²) in [5.41, 5.74) is 0.543. The lowest BCUT2D eigenvalue weighted by molar-refractivity contribution is -0.144. The molecule has 2 aromatic heterocycles. The van der Waals surface area contributed by atoms with Crippen molar-refractivity contribution < 1.29 is 17.9 Å². The highest BCUT2D eigenvalue weighted by Gasteiger charge is 2.35. The molecule has 0 spiro atoms. The van der Waals surface area contributed by atoms with E-state index in [0.717, 1.165) is 0 Å². The smallest absolute Gasteiger partial charge is 0.451 e. The van der Waals surface area contributed by atoms with E-state index in [4.69, 9.17) is 4.74 Å². The molecule has 0 radical (unpaired) electrons. The number of rotatable bonds is 4. The minimum Gasteiger partial charge on any atom is -0.492 e. The summed E-state index contributed by atoms with van der Waals surface area (Å²) in [6.45, 7) is 2.24. The Morgan fingerprint density at radius 1 is 1.19 bits per heavy atom. The van der Waals surface area contributed by atoms with Crippen LogP contribution >= 0.6 is 0 Å². The van der Waals surface area contributed by atoms with Gasteiger partial charge in [-0.1, -0.05) is 0 Å². The Morgan fingerprint density at radius 2 is 1.95 bits per heavy atom. The maximum atomic E-state index is 12.8. The predicted octanol–water partition coefficient (Wildman–Crippen LogP) is 3.00. The minimum absolute atomic E-state index is 0.0779. The molecule has 0 aromatic carbocycles. The molecule has 0 bridgehead atoms. The van der Waals surface area contributed by atoms with Crippen LogP contribution in [0.4, 0.5) is 19.0 Å². The second-order valence-electron chi connectivity index (χ2n) is 4.05. The van der Waals surface area contributed by atoms with Crippen molar-refractivity contribution in [3.63, 3.8) is 0 Å². The summed E-state index contributed by atoms with van der Waals surface area (Å²) in [5, 5.41) is 2.59. The number of aromatic nitrogens is 3. The van der Waals surface area contributed by atoms with Crippen LogP contribution in [0.15, 0.2) is 24.5 Å². The number of nitrogens with one attached hydrogen (secondary N) is 1. The Bertz CT molecular complexity index is 631. The number of hydrogen-bond donors (Lipinski definition) is 1. The van der Waals surface area contributed by atoms with Gasteiger partial charge in [0.1, 0.15) is 11.6 Å². The summed E-state index contributed by atoms with van der Waals surface area (Å²) < 4.78 is 43.7. The van der Waals surface area contributed by atoms with Gasteiger partial charge in [-0.15, -0.1) is 0 Å². The molecule has 2 heterocycles. The first-order valence-electron chi connectivity index (χ1n) is 6.16. The number of alkyl halides is 3. The summed E-state index contributed by atoms with van der Waals surface area (Å²) in [4.78, 5) is 10.9. The van der Waals surface area contributed by atoms with Gasteiger partial charge in [0.05, 0.1) is 18.5 Å². The van der Waals surface area contributed by atoms with Crippen LogP contribution in [0.2, 0.25) is 0 Å². The van der Waals surface area contributed by atoms with E-state index >= 15 is 0 Å². The fourth-order valence-corrected chi connectivity index (χ4v) is 1.65. The molecular weight excluding hydrogens is 285 g/mol. The molecule has 8 heteroatoms. The predicted molar refractivity (Wildman–Crippen MR) is 71.0 cm³/mol. The summed E-state index contributed by atoms with van der Waals surface area (Å²) in [6.07, 6.45) is -1.71.